The molecule has 9 nitrogen and oxygen atoms in total. The Morgan fingerprint density at radius 1 is 1.31 bits per heavy atom. The number of nitrogens with one attached hydrogen (secondary N) is 1. The van der Waals surface area contributed by atoms with Crippen LogP contribution in [0.1, 0.15) is 34.9 Å². The van der Waals surface area contributed by atoms with E-state index in [0.717, 1.165) is 15.5 Å². The molecule has 1 amide bonds. The molecule has 0 spiro atoms. The number of ketones is 1. The summed E-state index contributed by atoms with van der Waals surface area (Å²) in [5.41, 5.74) is 8.84. The van der Waals surface area contributed by atoms with Gasteiger partial charge in [0.1, 0.15) is 11.6 Å². The molecule has 3 N–H and O–H groups in total. The van der Waals surface area contributed by atoms with Gasteiger partial charge >= 0.3 is 0 Å². The van der Waals surface area contributed by atoms with Crippen molar-refractivity contribution >= 4 is 68.5 Å². The number of hydrogen-bond acceptors (Lipinski definition) is 11. The van der Waals surface area contributed by atoms with Crippen LogP contribution in [0.3, 0.4) is 0 Å². The lowest BCUT2D eigenvalue weighted by atomic mass is 9.78. The highest BCUT2D eigenvalue weighted by atomic mass is 35.5. The van der Waals surface area contributed by atoms with Gasteiger partial charge in [-0.2, -0.15) is 5.26 Å². The summed E-state index contributed by atoms with van der Waals surface area (Å²) in [4.78, 5) is 29.4. The number of carbonyl (C=O) groups excluding carboxylic acids is 2. The van der Waals surface area contributed by atoms with Gasteiger partial charge in [0.05, 0.1) is 35.4 Å². The largest absolute Gasteiger partial charge is 0.495 e. The Morgan fingerprint density at radius 3 is 2.82 bits per heavy atom. The first-order valence-electron chi connectivity index (χ1n) is 11.9. The van der Waals surface area contributed by atoms with Crippen molar-refractivity contribution in [1.82, 2.24) is 10.2 Å². The lowest BCUT2D eigenvalue weighted by Crippen LogP contribution is -2.38. The van der Waals surface area contributed by atoms with Crippen molar-refractivity contribution in [3.05, 3.63) is 67.8 Å². The molecule has 13 heteroatoms. The number of ether oxygens (including phenoxy) is 1. The van der Waals surface area contributed by atoms with Gasteiger partial charge in [0.2, 0.25) is 11.0 Å². The fraction of sp³-hybridized carbons (Fsp3) is 0.269. The Bertz CT molecular complexity index is 1570. The number of amides is 1. The summed E-state index contributed by atoms with van der Waals surface area (Å²) in [6.07, 6.45) is 1.75. The van der Waals surface area contributed by atoms with Gasteiger partial charge in [0, 0.05) is 33.1 Å². The second-order valence-electron chi connectivity index (χ2n) is 8.80. The van der Waals surface area contributed by atoms with Crippen molar-refractivity contribution in [2.24, 2.45) is 5.73 Å². The zero-order chi connectivity index (χ0) is 27.7. The van der Waals surface area contributed by atoms with Crippen LogP contribution < -0.4 is 20.7 Å². The molecule has 3 heterocycles. The summed E-state index contributed by atoms with van der Waals surface area (Å²) in [5, 5.41) is 22.3. The molecule has 0 saturated heterocycles. The molecule has 39 heavy (non-hydrogen) atoms. The maximum Gasteiger partial charge on any atom is 0.234 e. The van der Waals surface area contributed by atoms with Gasteiger partial charge in [-0.15, -0.1) is 21.5 Å². The lowest BCUT2D eigenvalue weighted by Gasteiger charge is -2.37. The second-order valence-corrected chi connectivity index (χ2v) is 12.7. The van der Waals surface area contributed by atoms with E-state index in [2.05, 4.69) is 21.6 Å². The molecule has 0 fully saturated rings. The van der Waals surface area contributed by atoms with Gasteiger partial charge in [0.15, 0.2) is 10.1 Å². The maximum atomic E-state index is 13.2. The molecule has 1 aliphatic carbocycles. The molecule has 1 unspecified atom stereocenters. The summed E-state index contributed by atoms with van der Waals surface area (Å²) < 4.78 is 5.69. The van der Waals surface area contributed by atoms with E-state index in [9.17, 15) is 14.9 Å². The molecule has 200 valence electrons. The number of nitriles is 1. The highest BCUT2D eigenvalue weighted by Gasteiger charge is 2.41. The van der Waals surface area contributed by atoms with Crippen molar-refractivity contribution in [2.75, 3.05) is 23.1 Å². The number of hydrogen-bond donors (Lipinski definition) is 2. The third-order valence-corrected chi connectivity index (χ3v) is 9.71. The molecule has 2 aliphatic rings. The van der Waals surface area contributed by atoms with E-state index in [1.54, 1.807) is 34.4 Å². The van der Waals surface area contributed by atoms with Crippen LogP contribution in [0.4, 0.5) is 10.8 Å². The van der Waals surface area contributed by atoms with Gasteiger partial charge in [-0.3, -0.25) is 14.5 Å². The van der Waals surface area contributed by atoms with E-state index >= 15 is 0 Å². The Balaban J connectivity index is 1.37. The van der Waals surface area contributed by atoms with Crippen molar-refractivity contribution in [3.8, 4) is 11.8 Å². The number of Topliss-reactive ketones (excluding diaryl/α,β-unsaturated/α-hetero) is 1. The molecule has 0 saturated carbocycles. The molecule has 5 rings (SSSR count). The van der Waals surface area contributed by atoms with Crippen LogP contribution in [-0.2, 0) is 9.59 Å². The number of nitrogens with zero attached hydrogens (tertiary/aromatic N) is 4. The minimum absolute atomic E-state index is 0.0203. The van der Waals surface area contributed by atoms with Crippen LogP contribution in [-0.4, -0.2) is 34.8 Å². The number of aromatic nitrogens is 2. The predicted octanol–water partition coefficient (Wildman–Crippen LogP) is 5.61. The number of methoxy groups -OCH3 is 1. The van der Waals surface area contributed by atoms with Crippen LogP contribution in [0, 0.1) is 18.3 Å². The molecule has 0 bridgehead atoms. The summed E-state index contributed by atoms with van der Waals surface area (Å²) in [7, 11) is 1.52. The minimum Gasteiger partial charge on any atom is -0.495 e. The molecule has 1 aromatic carbocycles. The Hall–Kier alpha value is -3.37. The van der Waals surface area contributed by atoms with Crippen molar-refractivity contribution in [1.29, 1.82) is 5.26 Å². The van der Waals surface area contributed by atoms with Crippen LogP contribution in [0.15, 0.2) is 57.3 Å². The van der Waals surface area contributed by atoms with Crippen molar-refractivity contribution in [2.45, 2.75) is 36.4 Å². The van der Waals surface area contributed by atoms with Gasteiger partial charge in [-0.05, 0) is 50.1 Å². The number of rotatable bonds is 7. The zero-order valence-electron chi connectivity index (χ0n) is 21.0. The van der Waals surface area contributed by atoms with Crippen LogP contribution in [0.5, 0.6) is 5.75 Å². The maximum absolute atomic E-state index is 13.2. The third-order valence-electron chi connectivity index (χ3n) is 6.31. The number of allylic oxidation sites excluding steroid dienone is 3. The SMILES string of the molecule is COc1ccc(NC(=O)CSc2nnc(N3C(N)=C(C#N)C(c4ccc(C)s4)C4=C3CCCC4=O)s2)cc1Cl. The van der Waals surface area contributed by atoms with Crippen molar-refractivity contribution < 1.29 is 14.3 Å². The first-order chi connectivity index (χ1) is 18.8. The summed E-state index contributed by atoms with van der Waals surface area (Å²) in [6, 6.07) is 11.2. The van der Waals surface area contributed by atoms with E-state index < -0.39 is 5.92 Å². The topological polar surface area (TPSA) is 134 Å². The van der Waals surface area contributed by atoms with E-state index in [1.165, 1.54) is 30.2 Å². The smallest absolute Gasteiger partial charge is 0.234 e. The summed E-state index contributed by atoms with van der Waals surface area (Å²) in [6.45, 7) is 1.99. The predicted molar refractivity (Wildman–Crippen MR) is 154 cm³/mol. The average molecular weight is 599 g/mol. The van der Waals surface area contributed by atoms with Crippen LogP contribution >= 0.6 is 46.0 Å². The highest BCUT2D eigenvalue weighted by molar-refractivity contribution is 8.01. The summed E-state index contributed by atoms with van der Waals surface area (Å²) >= 11 is 10.2. The fourth-order valence-corrected chi connectivity index (χ4v) is 7.55. The quantitative estimate of drug-likeness (QED) is 0.333. The van der Waals surface area contributed by atoms with E-state index in [-0.39, 0.29) is 23.3 Å². The van der Waals surface area contributed by atoms with Gasteiger partial charge in [-0.25, -0.2) is 0 Å². The Morgan fingerprint density at radius 2 is 2.13 bits per heavy atom. The Labute approximate surface area is 242 Å². The second kappa shape index (κ2) is 11.4. The summed E-state index contributed by atoms with van der Waals surface area (Å²) in [5.74, 6) is 0.171. The number of benzene rings is 1. The molecule has 3 aromatic rings. The zero-order valence-corrected chi connectivity index (χ0v) is 24.2. The lowest BCUT2D eigenvalue weighted by molar-refractivity contribution is -0.116. The number of aryl methyl sites for hydroxylation is 1. The number of thiophene rings is 1. The molecule has 0 radical (unpaired) electrons. The van der Waals surface area contributed by atoms with Crippen LogP contribution in [0.2, 0.25) is 5.02 Å². The van der Waals surface area contributed by atoms with E-state index in [4.69, 9.17) is 22.1 Å². The van der Waals surface area contributed by atoms with Crippen molar-refractivity contribution in [3.63, 3.8) is 0 Å². The average Bonchev–Trinajstić information content (AvgIpc) is 3.56. The normalized spacial score (nSPS) is 17.2. The first-order valence-corrected chi connectivity index (χ1v) is 14.9. The number of thioether (sulfide) groups is 1. The third kappa shape index (κ3) is 5.40. The monoisotopic (exact) mass is 598 g/mol. The standard InChI is InChI=1S/C26H23ClN6O3S3/c1-13-6-9-20(38-13)22-15(11-28)24(29)33(17-4-3-5-18(34)23(17)22)25-31-32-26(39-25)37-12-21(35)30-14-7-8-19(36-2)16(27)10-14/h6-10,22H,3-5,12,29H2,1-2H3,(H,30,35). The first kappa shape index (κ1) is 27.2. The molecular weight excluding hydrogens is 576 g/mol. The van der Waals surface area contributed by atoms with E-state index in [1.807, 2.05) is 19.1 Å². The van der Waals surface area contributed by atoms with Crippen LogP contribution in [0.25, 0.3) is 0 Å². The van der Waals surface area contributed by atoms with E-state index in [0.29, 0.717) is 56.3 Å². The van der Waals surface area contributed by atoms with Gasteiger partial charge in [-0.1, -0.05) is 34.7 Å². The number of anilines is 2. The minimum atomic E-state index is -0.482. The number of nitrogens with two attached hydrogens (primary N) is 1. The Kier molecular flexibility index (Phi) is 7.95. The number of carbonyl (C=O) groups is 2. The highest BCUT2D eigenvalue weighted by Crippen LogP contribution is 2.48. The molecule has 2 aromatic heterocycles. The van der Waals surface area contributed by atoms with Gasteiger partial charge < -0.3 is 15.8 Å². The van der Waals surface area contributed by atoms with Gasteiger partial charge in [0.25, 0.3) is 0 Å². The number of halogens is 1. The fourth-order valence-electron chi connectivity index (χ4n) is 4.62. The molecule has 1 atom stereocenters. The molecular formula is C26H23ClN6O3S3. The molecule has 1 aliphatic heterocycles.